The monoisotopic (exact) mass is 259 g/mol. The lowest BCUT2D eigenvalue weighted by atomic mass is 9.92. The zero-order valence-electron chi connectivity index (χ0n) is 10.7. The maximum Gasteiger partial charge on any atom is 0.317 e. The molecule has 100 valence electrons. The molecule has 0 fully saturated rings. The van der Waals surface area contributed by atoms with Crippen LogP contribution in [0, 0.1) is 12.3 Å². The predicted molar refractivity (Wildman–Crippen MR) is 72.2 cm³/mol. The van der Waals surface area contributed by atoms with Crippen molar-refractivity contribution in [3.63, 3.8) is 0 Å². The summed E-state index contributed by atoms with van der Waals surface area (Å²) in [5.74, 6) is 2.84. The number of nitrogens with zero attached hydrogens (tertiary/aromatic N) is 1. The maximum absolute atomic E-state index is 10.8. The topological polar surface area (TPSA) is 49.8 Å². The molecule has 0 radical (unpaired) electrons. The van der Waals surface area contributed by atoms with Crippen molar-refractivity contribution in [2.45, 2.75) is 12.3 Å². The second-order valence-electron chi connectivity index (χ2n) is 4.64. The maximum atomic E-state index is 10.8. The van der Waals surface area contributed by atoms with E-state index in [1.807, 2.05) is 24.3 Å². The molecule has 1 aromatic carbocycles. The zero-order chi connectivity index (χ0) is 13.7. The first kappa shape index (κ1) is 13.4. The van der Waals surface area contributed by atoms with E-state index < -0.39 is 5.97 Å². The van der Waals surface area contributed by atoms with Crippen LogP contribution in [0.1, 0.15) is 17.9 Å². The molecule has 0 spiro atoms. The third kappa shape index (κ3) is 3.49. The first-order valence-electron chi connectivity index (χ1n) is 6.30. The summed E-state index contributed by atoms with van der Waals surface area (Å²) in [4.78, 5) is 12.6. The van der Waals surface area contributed by atoms with Crippen LogP contribution < -0.4 is 4.74 Å². The fraction of sp³-hybridized carbons (Fsp3) is 0.400. The van der Waals surface area contributed by atoms with Crippen molar-refractivity contribution in [1.82, 2.24) is 4.90 Å². The van der Waals surface area contributed by atoms with Crippen molar-refractivity contribution in [2.24, 2.45) is 0 Å². The van der Waals surface area contributed by atoms with Gasteiger partial charge in [0.2, 0.25) is 0 Å². The minimum Gasteiger partial charge on any atom is -0.493 e. The molecule has 0 saturated carbocycles. The molecule has 4 nitrogen and oxygen atoms in total. The van der Waals surface area contributed by atoms with Crippen LogP contribution in [0.15, 0.2) is 24.3 Å². The number of hydrogen-bond donors (Lipinski definition) is 1. The van der Waals surface area contributed by atoms with Crippen molar-refractivity contribution < 1.29 is 14.6 Å². The first-order valence-corrected chi connectivity index (χ1v) is 6.30. The van der Waals surface area contributed by atoms with E-state index in [1.54, 1.807) is 4.90 Å². The van der Waals surface area contributed by atoms with Crippen LogP contribution in [0.5, 0.6) is 5.75 Å². The molecule has 1 atom stereocenters. The highest BCUT2D eigenvalue weighted by Crippen LogP contribution is 2.33. The highest BCUT2D eigenvalue weighted by molar-refractivity contribution is 5.69. The molecule has 2 rings (SSSR count). The van der Waals surface area contributed by atoms with Gasteiger partial charge in [-0.1, -0.05) is 24.1 Å². The Morgan fingerprint density at radius 1 is 1.53 bits per heavy atom. The number of carbonyl (C=O) groups is 1. The molecule has 0 aliphatic carbocycles. The number of fused-ring (bicyclic) bond motifs is 1. The summed E-state index contributed by atoms with van der Waals surface area (Å²) in [5, 5.41) is 8.90. The number of aliphatic carboxylic acids is 1. The van der Waals surface area contributed by atoms with Gasteiger partial charge in [-0.05, 0) is 18.1 Å². The number of rotatable bonds is 5. The molecule has 1 aromatic rings. The fourth-order valence-electron chi connectivity index (χ4n) is 2.42. The lowest BCUT2D eigenvalue weighted by Gasteiger charge is -2.29. The van der Waals surface area contributed by atoms with E-state index in [1.165, 1.54) is 0 Å². The molecule has 0 saturated heterocycles. The van der Waals surface area contributed by atoms with Crippen molar-refractivity contribution in [1.29, 1.82) is 0 Å². The lowest BCUT2D eigenvalue weighted by Crippen LogP contribution is -2.35. The summed E-state index contributed by atoms with van der Waals surface area (Å²) in [6, 6.07) is 7.90. The quantitative estimate of drug-likeness (QED) is 0.816. The third-order valence-electron chi connectivity index (χ3n) is 3.24. The molecule has 4 heteroatoms. The van der Waals surface area contributed by atoms with Crippen LogP contribution in [0.25, 0.3) is 0 Å². The van der Waals surface area contributed by atoms with E-state index in [9.17, 15) is 4.79 Å². The van der Waals surface area contributed by atoms with Gasteiger partial charge in [-0.25, -0.2) is 0 Å². The molecule has 19 heavy (non-hydrogen) atoms. The normalized spacial score (nSPS) is 17.4. The van der Waals surface area contributed by atoms with Gasteiger partial charge in [-0.3, -0.25) is 9.69 Å². The Morgan fingerprint density at radius 3 is 3.05 bits per heavy atom. The second kappa shape index (κ2) is 6.26. The summed E-state index contributed by atoms with van der Waals surface area (Å²) in [5.41, 5.74) is 1.14. The van der Waals surface area contributed by atoms with Gasteiger partial charge in [-0.2, -0.15) is 0 Å². The van der Waals surface area contributed by atoms with Gasteiger partial charge in [0.05, 0.1) is 19.7 Å². The number of carboxylic acid groups (broad SMARTS) is 1. The molecule has 0 amide bonds. The van der Waals surface area contributed by atoms with E-state index in [0.29, 0.717) is 19.7 Å². The number of benzene rings is 1. The average Bonchev–Trinajstić information content (AvgIpc) is 2.39. The summed E-state index contributed by atoms with van der Waals surface area (Å²) < 4.78 is 5.60. The summed E-state index contributed by atoms with van der Waals surface area (Å²) >= 11 is 0. The largest absolute Gasteiger partial charge is 0.493 e. The van der Waals surface area contributed by atoms with Gasteiger partial charge in [0.15, 0.2) is 0 Å². The van der Waals surface area contributed by atoms with E-state index in [2.05, 4.69) is 5.92 Å². The fourth-order valence-corrected chi connectivity index (χ4v) is 2.42. The Balaban J connectivity index is 2.10. The van der Waals surface area contributed by atoms with Gasteiger partial charge < -0.3 is 9.84 Å². The standard InChI is InChI=1S/C15H17NO3/c1-2-8-16(11-15(17)18)10-12-7-9-19-14-6-4-3-5-13(12)14/h1,3-6,12H,7-11H2,(H,17,18). The van der Waals surface area contributed by atoms with E-state index in [-0.39, 0.29) is 12.5 Å². The van der Waals surface area contributed by atoms with Crippen LogP contribution in [-0.2, 0) is 4.79 Å². The molecule has 1 aliphatic rings. The van der Waals surface area contributed by atoms with Crippen LogP contribution in [0.4, 0.5) is 0 Å². The van der Waals surface area contributed by atoms with Crippen molar-refractivity contribution in [2.75, 3.05) is 26.2 Å². The van der Waals surface area contributed by atoms with Crippen LogP contribution in [0.2, 0.25) is 0 Å². The van der Waals surface area contributed by atoms with Crippen LogP contribution in [-0.4, -0.2) is 42.2 Å². The first-order chi connectivity index (χ1) is 9.20. The summed E-state index contributed by atoms with van der Waals surface area (Å²) in [6.45, 7) is 1.64. The minimum atomic E-state index is -0.851. The highest BCUT2D eigenvalue weighted by atomic mass is 16.5. The number of para-hydroxylation sites is 1. The summed E-state index contributed by atoms with van der Waals surface area (Å²) in [7, 11) is 0. The highest BCUT2D eigenvalue weighted by Gasteiger charge is 2.23. The molecule has 1 unspecified atom stereocenters. The average molecular weight is 259 g/mol. The smallest absolute Gasteiger partial charge is 0.317 e. The van der Waals surface area contributed by atoms with Gasteiger partial charge in [0.1, 0.15) is 5.75 Å². The van der Waals surface area contributed by atoms with E-state index in [4.69, 9.17) is 16.3 Å². The summed E-state index contributed by atoms with van der Waals surface area (Å²) in [6.07, 6.45) is 6.18. The Morgan fingerprint density at radius 2 is 2.32 bits per heavy atom. The van der Waals surface area contributed by atoms with Crippen LogP contribution in [0.3, 0.4) is 0 Å². The Hall–Kier alpha value is -1.99. The number of terminal acetylenes is 1. The van der Waals surface area contributed by atoms with Gasteiger partial charge in [0.25, 0.3) is 0 Å². The molecule has 0 aromatic heterocycles. The lowest BCUT2D eigenvalue weighted by molar-refractivity contribution is -0.138. The van der Waals surface area contributed by atoms with Crippen LogP contribution >= 0.6 is 0 Å². The number of carboxylic acids is 1. The van der Waals surface area contributed by atoms with Gasteiger partial charge in [0, 0.05) is 12.5 Å². The minimum absolute atomic E-state index is 0.0241. The Kier molecular flexibility index (Phi) is 4.43. The Labute approximate surface area is 113 Å². The molecular formula is C15H17NO3. The third-order valence-corrected chi connectivity index (χ3v) is 3.24. The van der Waals surface area contributed by atoms with Gasteiger partial charge >= 0.3 is 5.97 Å². The molecule has 0 bridgehead atoms. The van der Waals surface area contributed by atoms with Crippen molar-refractivity contribution >= 4 is 5.97 Å². The predicted octanol–water partition coefficient (Wildman–Crippen LogP) is 1.57. The van der Waals surface area contributed by atoms with E-state index in [0.717, 1.165) is 17.7 Å². The number of hydrogen-bond acceptors (Lipinski definition) is 3. The molecular weight excluding hydrogens is 242 g/mol. The number of ether oxygens (including phenoxy) is 1. The Bertz CT molecular complexity index is 492. The van der Waals surface area contributed by atoms with Crippen molar-refractivity contribution in [3.8, 4) is 18.1 Å². The molecule has 1 heterocycles. The second-order valence-corrected chi connectivity index (χ2v) is 4.64. The molecule has 1 aliphatic heterocycles. The zero-order valence-corrected chi connectivity index (χ0v) is 10.7. The SMILES string of the molecule is C#CCN(CC(=O)O)CC1CCOc2ccccc21. The van der Waals surface area contributed by atoms with Gasteiger partial charge in [-0.15, -0.1) is 6.42 Å². The van der Waals surface area contributed by atoms with Crippen molar-refractivity contribution in [3.05, 3.63) is 29.8 Å². The molecule has 1 N–H and O–H groups in total. The van der Waals surface area contributed by atoms with E-state index >= 15 is 0 Å².